The van der Waals surface area contributed by atoms with E-state index >= 15 is 0 Å². The molecule has 3 aromatic rings. The summed E-state index contributed by atoms with van der Waals surface area (Å²) in [5.41, 5.74) is 16.1. The third-order valence-electron chi connectivity index (χ3n) is 8.20. The molecule has 1 heterocycles. The molecule has 0 saturated carbocycles. The van der Waals surface area contributed by atoms with Crippen LogP contribution in [0.5, 0.6) is 0 Å². The van der Waals surface area contributed by atoms with Gasteiger partial charge in [0.15, 0.2) is 5.78 Å². The molecule has 6 heteroatoms. The molecule has 4 nitrogen and oxygen atoms in total. The molecule has 1 aliphatic carbocycles. The van der Waals surface area contributed by atoms with E-state index in [0.29, 0.717) is 34.8 Å². The fraction of sp³-hybridized carbons (Fsp3) is 0.314. The van der Waals surface area contributed by atoms with E-state index in [1.165, 1.54) is 16.7 Å². The van der Waals surface area contributed by atoms with Crippen molar-refractivity contribution in [1.82, 2.24) is 0 Å². The molecule has 0 bridgehead atoms. The van der Waals surface area contributed by atoms with Gasteiger partial charge in [-0.2, -0.15) is 17.0 Å². The van der Waals surface area contributed by atoms with Gasteiger partial charge in [-0.25, -0.2) is 0 Å². The Balaban J connectivity index is 1.63. The number of hydrogen-bond donors (Lipinski definition) is 1. The summed E-state index contributed by atoms with van der Waals surface area (Å²) >= 11 is 8.40. The average Bonchev–Trinajstić information content (AvgIpc) is 2.91. The fourth-order valence-corrected chi connectivity index (χ4v) is 7.31. The summed E-state index contributed by atoms with van der Waals surface area (Å²) in [5.74, 6) is 1.68. The first-order valence-electron chi connectivity index (χ1n) is 13.9. The van der Waals surface area contributed by atoms with Crippen LogP contribution in [0.3, 0.4) is 0 Å². The molecule has 0 saturated heterocycles. The molecule has 0 amide bonds. The molecular weight excluding hydrogens is 546 g/mol. The number of carbonyl (C=O) groups excluding carboxylic acids is 1. The Kier molecular flexibility index (Phi) is 8.10. The van der Waals surface area contributed by atoms with Crippen LogP contribution in [0.4, 0.5) is 5.69 Å². The lowest BCUT2D eigenvalue weighted by molar-refractivity contribution is -0.118. The number of rotatable bonds is 6. The van der Waals surface area contributed by atoms with Gasteiger partial charge in [0.05, 0.1) is 17.6 Å². The van der Waals surface area contributed by atoms with Crippen molar-refractivity contribution in [2.24, 2.45) is 11.1 Å². The Hall–Kier alpha value is -3.46. The molecule has 0 spiro atoms. The number of anilines is 1. The van der Waals surface area contributed by atoms with Gasteiger partial charge in [-0.1, -0.05) is 74.0 Å². The van der Waals surface area contributed by atoms with Crippen molar-refractivity contribution in [2.75, 3.05) is 4.90 Å². The van der Waals surface area contributed by atoms with Crippen molar-refractivity contribution in [3.05, 3.63) is 122 Å². The predicted octanol–water partition coefficient (Wildman–Crippen LogP) is 8.64. The molecule has 0 radical (unpaired) electrons. The normalized spacial score (nSPS) is 18.4. The Morgan fingerprint density at radius 2 is 1.73 bits per heavy atom. The summed E-state index contributed by atoms with van der Waals surface area (Å²) in [6, 6.07) is 23.0. The highest BCUT2D eigenvalue weighted by Gasteiger charge is 2.45. The summed E-state index contributed by atoms with van der Waals surface area (Å²) in [7, 11) is 0. The van der Waals surface area contributed by atoms with Gasteiger partial charge < -0.3 is 5.73 Å². The zero-order chi connectivity index (χ0) is 29.5. The van der Waals surface area contributed by atoms with Crippen molar-refractivity contribution in [1.29, 1.82) is 5.26 Å². The molecule has 1 unspecified atom stereocenters. The molecular formula is C35H36ClN3OS. The number of Topliss-reactive ketones (excluding diaryl/α,β-unsaturated/α-hetero) is 1. The lowest BCUT2D eigenvalue weighted by atomic mass is 9.68. The second kappa shape index (κ2) is 11.4. The van der Waals surface area contributed by atoms with Gasteiger partial charge in [-0.3, -0.25) is 9.69 Å². The van der Waals surface area contributed by atoms with Crippen LogP contribution in [-0.4, -0.2) is 5.78 Å². The number of ketones is 1. The summed E-state index contributed by atoms with van der Waals surface area (Å²) in [5, 5.41) is 11.2. The topological polar surface area (TPSA) is 70.1 Å². The summed E-state index contributed by atoms with van der Waals surface area (Å²) < 4.78 is 0. The Bertz CT molecular complexity index is 1630. The van der Waals surface area contributed by atoms with E-state index < -0.39 is 5.92 Å². The molecule has 1 aliphatic heterocycles. The van der Waals surface area contributed by atoms with Crippen LogP contribution in [-0.2, 0) is 16.3 Å². The van der Waals surface area contributed by atoms with Crippen LogP contribution in [0.25, 0.3) is 0 Å². The van der Waals surface area contributed by atoms with Crippen molar-refractivity contribution in [2.45, 2.75) is 64.9 Å². The van der Waals surface area contributed by atoms with E-state index in [4.69, 9.17) is 17.3 Å². The summed E-state index contributed by atoms with van der Waals surface area (Å²) in [6.45, 7) is 10.4. The molecule has 5 rings (SSSR count). The van der Waals surface area contributed by atoms with Crippen LogP contribution in [0.15, 0.2) is 83.3 Å². The lowest BCUT2D eigenvalue weighted by Gasteiger charge is -2.44. The molecule has 1 atom stereocenters. The summed E-state index contributed by atoms with van der Waals surface area (Å²) in [6.07, 6.45) is 1.09. The molecule has 2 N–H and O–H groups in total. The lowest BCUT2D eigenvalue weighted by Crippen LogP contribution is -2.42. The minimum Gasteiger partial charge on any atom is -0.384 e. The first-order chi connectivity index (χ1) is 19.5. The van der Waals surface area contributed by atoms with E-state index in [2.05, 4.69) is 70.2 Å². The standard InChI is InChI=1S/C35H36ClN3OS/c1-21-11-12-26(15-29(21)36)39-30-16-35(4,5)17-31(40)33(30)32(28(18-37)34(39)38)27-14-25(22(2)13-23(27)3)20-41-19-24-9-7-6-8-10-24/h6-15,32H,16-17,19-20,38H2,1-5H3. The number of carbonyl (C=O) groups is 1. The second-order valence-electron chi connectivity index (χ2n) is 12.0. The monoisotopic (exact) mass is 581 g/mol. The van der Waals surface area contributed by atoms with E-state index in [1.807, 2.05) is 47.9 Å². The van der Waals surface area contributed by atoms with Gasteiger partial charge in [0, 0.05) is 39.9 Å². The highest BCUT2D eigenvalue weighted by atomic mass is 35.5. The van der Waals surface area contributed by atoms with E-state index in [9.17, 15) is 10.1 Å². The number of halogens is 1. The first kappa shape index (κ1) is 29.0. The SMILES string of the molecule is Cc1ccc(N2C(N)=C(C#N)C(c3cc(CSCc4ccccc4)c(C)cc3C)C3=C2CC(C)(C)CC3=O)cc1Cl. The van der Waals surface area contributed by atoms with Crippen LogP contribution < -0.4 is 10.6 Å². The van der Waals surface area contributed by atoms with Crippen LogP contribution in [0, 0.1) is 37.5 Å². The van der Waals surface area contributed by atoms with Crippen molar-refractivity contribution >= 4 is 34.8 Å². The molecule has 0 fully saturated rings. The molecule has 210 valence electrons. The van der Waals surface area contributed by atoms with Gasteiger partial charge in [0.1, 0.15) is 5.82 Å². The van der Waals surface area contributed by atoms with Crippen molar-refractivity contribution in [3.63, 3.8) is 0 Å². The van der Waals surface area contributed by atoms with Crippen LogP contribution >= 0.6 is 23.4 Å². The van der Waals surface area contributed by atoms with Gasteiger partial charge >= 0.3 is 0 Å². The predicted molar refractivity (Wildman–Crippen MR) is 171 cm³/mol. The Morgan fingerprint density at radius 1 is 1.00 bits per heavy atom. The van der Waals surface area contributed by atoms with Gasteiger partial charge in [-0.15, -0.1) is 0 Å². The highest BCUT2D eigenvalue weighted by Crippen LogP contribution is 2.51. The molecule has 2 aliphatic rings. The number of nitriles is 1. The van der Waals surface area contributed by atoms with Crippen LogP contribution in [0.1, 0.15) is 66.0 Å². The third kappa shape index (κ3) is 5.69. The van der Waals surface area contributed by atoms with Gasteiger partial charge in [0.2, 0.25) is 0 Å². The van der Waals surface area contributed by atoms with Crippen LogP contribution in [0.2, 0.25) is 5.02 Å². The van der Waals surface area contributed by atoms with Crippen molar-refractivity contribution in [3.8, 4) is 6.07 Å². The maximum absolute atomic E-state index is 14.0. The largest absolute Gasteiger partial charge is 0.384 e. The van der Waals surface area contributed by atoms with E-state index in [-0.39, 0.29) is 11.2 Å². The zero-order valence-corrected chi connectivity index (χ0v) is 25.9. The maximum atomic E-state index is 14.0. The number of benzene rings is 3. The second-order valence-corrected chi connectivity index (χ2v) is 13.4. The summed E-state index contributed by atoms with van der Waals surface area (Å²) in [4.78, 5) is 15.9. The fourth-order valence-electron chi connectivity index (χ4n) is 6.07. The number of thioether (sulfide) groups is 1. The molecule has 0 aromatic heterocycles. The average molecular weight is 582 g/mol. The Labute approximate surface area is 252 Å². The van der Waals surface area contributed by atoms with E-state index in [0.717, 1.165) is 39.6 Å². The first-order valence-corrected chi connectivity index (χ1v) is 15.5. The number of nitrogens with two attached hydrogens (primary N) is 1. The smallest absolute Gasteiger partial charge is 0.162 e. The molecule has 41 heavy (non-hydrogen) atoms. The third-order valence-corrected chi connectivity index (χ3v) is 9.66. The van der Waals surface area contributed by atoms with E-state index in [1.54, 1.807) is 0 Å². The minimum atomic E-state index is -0.505. The Morgan fingerprint density at radius 3 is 2.41 bits per heavy atom. The number of nitrogens with zero attached hydrogens (tertiary/aromatic N) is 2. The maximum Gasteiger partial charge on any atom is 0.162 e. The van der Waals surface area contributed by atoms with Gasteiger partial charge in [0.25, 0.3) is 0 Å². The minimum absolute atomic E-state index is 0.0738. The number of aryl methyl sites for hydroxylation is 3. The zero-order valence-electron chi connectivity index (χ0n) is 24.3. The molecule has 3 aromatic carbocycles. The highest BCUT2D eigenvalue weighted by molar-refractivity contribution is 7.97. The van der Waals surface area contributed by atoms with Crippen molar-refractivity contribution < 1.29 is 4.79 Å². The number of allylic oxidation sites excluding steroid dienone is 3. The number of hydrogen-bond acceptors (Lipinski definition) is 5. The van der Waals surface area contributed by atoms with Gasteiger partial charge in [-0.05, 0) is 78.1 Å². The quantitative estimate of drug-likeness (QED) is 0.315.